The number of rotatable bonds is 4. The van der Waals surface area contributed by atoms with E-state index in [1.54, 1.807) is 6.20 Å². The van der Waals surface area contributed by atoms with Gasteiger partial charge in [0.05, 0.1) is 11.1 Å². The molecule has 1 unspecified atom stereocenters. The van der Waals surface area contributed by atoms with Gasteiger partial charge in [-0.15, -0.1) is 0 Å². The van der Waals surface area contributed by atoms with Crippen LogP contribution in [0.25, 0.3) is 10.9 Å². The highest BCUT2D eigenvalue weighted by Gasteiger charge is 2.29. The number of hydrogen-bond donors (Lipinski definition) is 1. The summed E-state index contributed by atoms with van der Waals surface area (Å²) >= 11 is 0. The highest BCUT2D eigenvalue weighted by molar-refractivity contribution is 5.79. The molecule has 1 heterocycles. The zero-order valence-electron chi connectivity index (χ0n) is 11.1. The minimum absolute atomic E-state index is 0.583. The molecular formula is C15H19NO2. The molecule has 1 aromatic heterocycles. The molecule has 2 rings (SSSR count). The second-order valence-corrected chi connectivity index (χ2v) is 4.89. The Balaban J connectivity index is 2.36. The standard InChI is InChI=1S/C15H19NO2/c1-4-18-15(2,3)14(17)12-7-8-13-11(10-12)6-5-9-16-13/h5-10,14,17H,4H2,1-3H3. The summed E-state index contributed by atoms with van der Waals surface area (Å²) in [5.74, 6) is 0. The molecule has 2 aromatic rings. The van der Waals surface area contributed by atoms with Crippen molar-refractivity contribution in [1.82, 2.24) is 4.98 Å². The molecule has 0 aliphatic carbocycles. The van der Waals surface area contributed by atoms with Gasteiger partial charge in [0, 0.05) is 18.2 Å². The van der Waals surface area contributed by atoms with Crippen molar-refractivity contribution in [2.45, 2.75) is 32.5 Å². The molecule has 0 saturated carbocycles. The summed E-state index contributed by atoms with van der Waals surface area (Å²) in [5.41, 5.74) is 1.20. The van der Waals surface area contributed by atoms with E-state index in [0.717, 1.165) is 16.5 Å². The Labute approximate surface area is 107 Å². The Morgan fingerprint density at radius 2 is 2.11 bits per heavy atom. The van der Waals surface area contributed by atoms with Crippen LogP contribution in [-0.2, 0) is 4.74 Å². The molecule has 0 saturated heterocycles. The van der Waals surface area contributed by atoms with Gasteiger partial charge < -0.3 is 9.84 Å². The number of aromatic nitrogens is 1. The van der Waals surface area contributed by atoms with Gasteiger partial charge in [-0.25, -0.2) is 0 Å². The average Bonchev–Trinajstić information content (AvgIpc) is 2.37. The van der Waals surface area contributed by atoms with Gasteiger partial charge >= 0.3 is 0 Å². The monoisotopic (exact) mass is 245 g/mol. The minimum Gasteiger partial charge on any atom is -0.385 e. The fourth-order valence-electron chi connectivity index (χ4n) is 2.12. The fourth-order valence-corrected chi connectivity index (χ4v) is 2.12. The first-order chi connectivity index (χ1) is 8.54. The second-order valence-electron chi connectivity index (χ2n) is 4.89. The Hall–Kier alpha value is -1.45. The SMILES string of the molecule is CCOC(C)(C)C(O)c1ccc2ncccc2c1. The highest BCUT2D eigenvalue weighted by Crippen LogP contribution is 2.30. The van der Waals surface area contributed by atoms with Crippen LogP contribution in [-0.4, -0.2) is 22.3 Å². The van der Waals surface area contributed by atoms with Crippen molar-refractivity contribution in [3.63, 3.8) is 0 Å². The summed E-state index contributed by atoms with van der Waals surface area (Å²) < 4.78 is 5.59. The van der Waals surface area contributed by atoms with Gasteiger partial charge in [-0.3, -0.25) is 4.98 Å². The molecule has 0 aliphatic rings. The number of aliphatic hydroxyl groups excluding tert-OH is 1. The molecule has 0 bridgehead atoms. The molecular weight excluding hydrogens is 226 g/mol. The van der Waals surface area contributed by atoms with E-state index in [9.17, 15) is 5.11 Å². The zero-order valence-corrected chi connectivity index (χ0v) is 11.1. The lowest BCUT2D eigenvalue weighted by Crippen LogP contribution is -2.32. The van der Waals surface area contributed by atoms with Gasteiger partial charge in [-0.1, -0.05) is 12.1 Å². The molecule has 0 spiro atoms. The minimum atomic E-state index is -0.651. The van der Waals surface area contributed by atoms with E-state index < -0.39 is 11.7 Å². The Morgan fingerprint density at radius 1 is 1.33 bits per heavy atom. The topological polar surface area (TPSA) is 42.4 Å². The van der Waals surface area contributed by atoms with Crippen LogP contribution in [0.5, 0.6) is 0 Å². The van der Waals surface area contributed by atoms with Crippen molar-refractivity contribution in [2.75, 3.05) is 6.61 Å². The predicted molar refractivity (Wildman–Crippen MR) is 72.4 cm³/mol. The molecule has 18 heavy (non-hydrogen) atoms. The number of fused-ring (bicyclic) bond motifs is 1. The number of hydrogen-bond acceptors (Lipinski definition) is 3. The van der Waals surface area contributed by atoms with Gasteiger partial charge in [0.25, 0.3) is 0 Å². The molecule has 0 amide bonds. The van der Waals surface area contributed by atoms with Crippen LogP contribution in [0.2, 0.25) is 0 Å². The van der Waals surface area contributed by atoms with Crippen LogP contribution in [0.15, 0.2) is 36.5 Å². The van der Waals surface area contributed by atoms with E-state index in [2.05, 4.69) is 4.98 Å². The molecule has 0 radical (unpaired) electrons. The van der Waals surface area contributed by atoms with Crippen molar-refractivity contribution in [2.24, 2.45) is 0 Å². The van der Waals surface area contributed by atoms with Crippen LogP contribution < -0.4 is 0 Å². The molecule has 3 heteroatoms. The van der Waals surface area contributed by atoms with Gasteiger partial charge in [-0.05, 0) is 44.5 Å². The molecule has 1 N–H and O–H groups in total. The molecule has 96 valence electrons. The first kappa shape index (κ1) is 13.0. The summed E-state index contributed by atoms with van der Waals surface area (Å²) in [6.07, 6.45) is 1.12. The molecule has 0 fully saturated rings. The van der Waals surface area contributed by atoms with Gasteiger partial charge in [-0.2, -0.15) is 0 Å². The molecule has 1 aromatic carbocycles. The number of nitrogens with zero attached hydrogens (tertiary/aromatic N) is 1. The zero-order chi connectivity index (χ0) is 13.2. The lowest BCUT2D eigenvalue weighted by atomic mass is 9.93. The van der Waals surface area contributed by atoms with E-state index in [-0.39, 0.29) is 0 Å². The maximum atomic E-state index is 10.4. The van der Waals surface area contributed by atoms with Crippen LogP contribution in [0.1, 0.15) is 32.4 Å². The van der Waals surface area contributed by atoms with Gasteiger partial charge in [0.1, 0.15) is 6.10 Å². The third kappa shape index (κ3) is 2.52. The molecule has 0 aliphatic heterocycles. The lowest BCUT2D eigenvalue weighted by Gasteiger charge is -2.30. The smallest absolute Gasteiger partial charge is 0.107 e. The largest absolute Gasteiger partial charge is 0.385 e. The summed E-state index contributed by atoms with van der Waals surface area (Å²) in [6.45, 7) is 6.31. The van der Waals surface area contributed by atoms with E-state index in [1.165, 1.54) is 0 Å². The lowest BCUT2D eigenvalue weighted by molar-refractivity contribution is -0.0983. The Morgan fingerprint density at radius 3 is 2.83 bits per heavy atom. The van der Waals surface area contributed by atoms with Crippen molar-refractivity contribution < 1.29 is 9.84 Å². The van der Waals surface area contributed by atoms with E-state index in [0.29, 0.717) is 6.61 Å². The number of benzene rings is 1. The summed E-state index contributed by atoms with van der Waals surface area (Å²) in [4.78, 5) is 4.27. The first-order valence-electron chi connectivity index (χ1n) is 6.21. The van der Waals surface area contributed by atoms with Crippen molar-refractivity contribution in [1.29, 1.82) is 0 Å². The van der Waals surface area contributed by atoms with E-state index in [1.807, 2.05) is 51.1 Å². The Bertz CT molecular complexity index is 537. The Kier molecular flexibility index (Phi) is 3.64. The van der Waals surface area contributed by atoms with E-state index >= 15 is 0 Å². The number of ether oxygens (including phenoxy) is 1. The third-order valence-corrected chi connectivity index (χ3v) is 3.12. The number of aliphatic hydroxyl groups is 1. The maximum Gasteiger partial charge on any atom is 0.107 e. The van der Waals surface area contributed by atoms with Crippen LogP contribution >= 0.6 is 0 Å². The van der Waals surface area contributed by atoms with Crippen molar-refractivity contribution in [3.8, 4) is 0 Å². The van der Waals surface area contributed by atoms with Gasteiger partial charge in [0.15, 0.2) is 0 Å². The van der Waals surface area contributed by atoms with Crippen LogP contribution in [0, 0.1) is 0 Å². The van der Waals surface area contributed by atoms with Crippen LogP contribution in [0.4, 0.5) is 0 Å². The highest BCUT2D eigenvalue weighted by atomic mass is 16.5. The normalized spacial score (nSPS) is 13.8. The first-order valence-corrected chi connectivity index (χ1v) is 6.21. The third-order valence-electron chi connectivity index (χ3n) is 3.12. The second kappa shape index (κ2) is 5.04. The average molecular weight is 245 g/mol. The van der Waals surface area contributed by atoms with Crippen molar-refractivity contribution in [3.05, 3.63) is 42.1 Å². The van der Waals surface area contributed by atoms with Crippen molar-refractivity contribution >= 4 is 10.9 Å². The van der Waals surface area contributed by atoms with Crippen LogP contribution in [0.3, 0.4) is 0 Å². The summed E-state index contributed by atoms with van der Waals surface area (Å²) in [5, 5.41) is 11.4. The summed E-state index contributed by atoms with van der Waals surface area (Å²) in [7, 11) is 0. The molecule has 3 nitrogen and oxygen atoms in total. The van der Waals surface area contributed by atoms with Gasteiger partial charge in [0.2, 0.25) is 0 Å². The predicted octanol–water partition coefficient (Wildman–Crippen LogP) is 3.08. The summed E-state index contributed by atoms with van der Waals surface area (Å²) in [6, 6.07) is 9.68. The maximum absolute atomic E-state index is 10.4. The van der Waals surface area contributed by atoms with E-state index in [4.69, 9.17) is 4.74 Å². The number of pyridine rings is 1. The molecule has 1 atom stereocenters. The quantitative estimate of drug-likeness (QED) is 0.900. The fraction of sp³-hybridized carbons (Fsp3) is 0.400.